The molecule has 3 rings (SSSR count). The molecule has 1 aromatic heterocycles. The van der Waals surface area contributed by atoms with E-state index in [9.17, 15) is 9.59 Å². The molecule has 3 aromatic rings. The van der Waals surface area contributed by atoms with Gasteiger partial charge < -0.3 is 9.73 Å². The van der Waals surface area contributed by atoms with Gasteiger partial charge in [-0.2, -0.15) is 0 Å². The zero-order valence-electron chi connectivity index (χ0n) is 13.4. The van der Waals surface area contributed by atoms with Gasteiger partial charge in [-0.3, -0.25) is 9.59 Å². The van der Waals surface area contributed by atoms with Crippen molar-refractivity contribution in [1.82, 2.24) is 0 Å². The second kappa shape index (κ2) is 7.42. The highest BCUT2D eigenvalue weighted by Crippen LogP contribution is 2.30. The highest BCUT2D eigenvalue weighted by atomic mass is 79.9. The summed E-state index contributed by atoms with van der Waals surface area (Å²) in [6.07, 6.45) is 1.17. The lowest BCUT2D eigenvalue weighted by Crippen LogP contribution is -2.18. The molecular formula is C19H15BrClNO3. The van der Waals surface area contributed by atoms with Crippen LogP contribution in [0.3, 0.4) is 0 Å². The Labute approximate surface area is 157 Å². The number of benzene rings is 2. The number of nitrogens with one attached hydrogen (secondary N) is 1. The molecule has 25 heavy (non-hydrogen) atoms. The van der Waals surface area contributed by atoms with E-state index in [1.54, 1.807) is 12.1 Å². The molecule has 0 aliphatic heterocycles. The summed E-state index contributed by atoms with van der Waals surface area (Å²) < 4.78 is 6.56. The maximum atomic E-state index is 12.8. The number of anilines is 1. The quantitative estimate of drug-likeness (QED) is 0.649. The smallest absolute Gasteiger partial charge is 0.221 e. The topological polar surface area (TPSA) is 59.3 Å². The van der Waals surface area contributed by atoms with Crippen LogP contribution >= 0.6 is 27.5 Å². The Morgan fingerprint density at radius 3 is 2.60 bits per heavy atom. The van der Waals surface area contributed by atoms with Gasteiger partial charge in [-0.05, 0) is 40.0 Å². The number of carbonyl (C=O) groups is 1. The maximum absolute atomic E-state index is 12.8. The molecule has 0 fully saturated rings. The Bertz CT molecular complexity index is 999. The largest absolute Gasteiger partial charge is 0.457 e. The molecule has 6 heteroatoms. The Kier molecular flexibility index (Phi) is 5.25. The van der Waals surface area contributed by atoms with E-state index in [1.165, 1.54) is 6.92 Å². The summed E-state index contributed by atoms with van der Waals surface area (Å²) in [4.78, 5) is 24.4. The molecule has 128 valence electrons. The third-order valence-corrected chi connectivity index (χ3v) is 4.58. The average Bonchev–Trinajstić information content (AvgIpc) is 2.57. The third kappa shape index (κ3) is 3.94. The monoisotopic (exact) mass is 419 g/mol. The van der Waals surface area contributed by atoms with Crippen molar-refractivity contribution in [1.29, 1.82) is 0 Å². The van der Waals surface area contributed by atoms with E-state index >= 15 is 0 Å². The number of amides is 1. The summed E-state index contributed by atoms with van der Waals surface area (Å²) >= 11 is 9.42. The van der Waals surface area contributed by atoms with Crippen molar-refractivity contribution >= 4 is 50.1 Å². The summed E-state index contributed by atoms with van der Waals surface area (Å²) in [5.41, 5.74) is 1.41. The van der Waals surface area contributed by atoms with E-state index in [0.717, 1.165) is 5.56 Å². The molecule has 0 saturated heterocycles. The number of fused-ring (bicyclic) bond motifs is 1. The fraction of sp³-hybridized carbons (Fsp3) is 0.158. The Hall–Kier alpha value is -2.11. The van der Waals surface area contributed by atoms with Crippen molar-refractivity contribution in [3.8, 4) is 0 Å². The second-order valence-corrected chi connectivity index (χ2v) is 6.95. The minimum Gasteiger partial charge on any atom is -0.457 e. The fourth-order valence-corrected chi connectivity index (χ4v) is 3.54. The normalized spacial score (nSPS) is 10.8. The zero-order chi connectivity index (χ0) is 18.0. The number of rotatable bonds is 4. The van der Waals surface area contributed by atoms with Crippen LogP contribution in [-0.4, -0.2) is 5.91 Å². The molecule has 0 aliphatic rings. The van der Waals surface area contributed by atoms with Gasteiger partial charge in [0.2, 0.25) is 11.3 Å². The van der Waals surface area contributed by atoms with Gasteiger partial charge in [0.1, 0.15) is 11.4 Å². The summed E-state index contributed by atoms with van der Waals surface area (Å²) in [6, 6.07) is 13.1. The standard InChI is InChI=1S/C19H15BrClNO3/c1-11(23)22-17-16(8-7-12-5-3-2-4-6-12)25-19-14(18(17)24)9-13(21)10-15(19)20/h2-6,9-10H,7-8H2,1H3,(H,22,23). The van der Waals surface area contributed by atoms with Gasteiger partial charge in [0.25, 0.3) is 0 Å². The van der Waals surface area contributed by atoms with Crippen LogP contribution < -0.4 is 10.7 Å². The van der Waals surface area contributed by atoms with Crippen molar-refractivity contribution in [2.24, 2.45) is 0 Å². The predicted octanol–water partition coefficient (Wildman–Crippen LogP) is 4.95. The van der Waals surface area contributed by atoms with Crippen molar-refractivity contribution in [3.05, 3.63) is 73.5 Å². The van der Waals surface area contributed by atoms with Crippen LogP contribution in [0.2, 0.25) is 5.02 Å². The zero-order valence-corrected chi connectivity index (χ0v) is 15.8. The first-order valence-corrected chi connectivity index (χ1v) is 8.89. The van der Waals surface area contributed by atoms with Crippen LogP contribution in [0.4, 0.5) is 5.69 Å². The Balaban J connectivity index is 2.11. The number of hydrogen-bond donors (Lipinski definition) is 1. The molecule has 1 N–H and O–H groups in total. The van der Waals surface area contributed by atoms with Crippen LogP contribution in [0.5, 0.6) is 0 Å². The molecule has 2 aromatic carbocycles. The first-order valence-electron chi connectivity index (χ1n) is 7.72. The Morgan fingerprint density at radius 1 is 1.20 bits per heavy atom. The lowest BCUT2D eigenvalue weighted by molar-refractivity contribution is -0.114. The highest BCUT2D eigenvalue weighted by Gasteiger charge is 2.17. The lowest BCUT2D eigenvalue weighted by atomic mass is 10.1. The van der Waals surface area contributed by atoms with Crippen LogP contribution in [-0.2, 0) is 17.6 Å². The molecule has 0 unspecified atom stereocenters. The van der Waals surface area contributed by atoms with Crippen LogP contribution in [0.15, 0.2) is 56.1 Å². The van der Waals surface area contributed by atoms with E-state index < -0.39 is 0 Å². The highest BCUT2D eigenvalue weighted by molar-refractivity contribution is 9.10. The van der Waals surface area contributed by atoms with Gasteiger partial charge >= 0.3 is 0 Å². The first-order chi connectivity index (χ1) is 12.0. The average molecular weight is 421 g/mol. The minimum atomic E-state index is -0.325. The summed E-state index contributed by atoms with van der Waals surface area (Å²) in [5, 5.41) is 3.35. The molecule has 1 amide bonds. The fourth-order valence-electron chi connectivity index (χ4n) is 2.65. The molecule has 0 bridgehead atoms. The van der Waals surface area contributed by atoms with Crippen molar-refractivity contribution in [2.75, 3.05) is 5.32 Å². The van der Waals surface area contributed by atoms with Gasteiger partial charge in [0, 0.05) is 18.4 Å². The Morgan fingerprint density at radius 2 is 1.92 bits per heavy atom. The van der Waals surface area contributed by atoms with Gasteiger partial charge in [0.05, 0.1) is 9.86 Å². The molecule has 1 heterocycles. The maximum Gasteiger partial charge on any atom is 0.221 e. The van der Waals surface area contributed by atoms with Gasteiger partial charge in [-0.1, -0.05) is 41.9 Å². The molecule has 0 spiro atoms. The minimum absolute atomic E-state index is 0.171. The van der Waals surface area contributed by atoms with E-state index in [4.69, 9.17) is 16.0 Å². The van der Waals surface area contributed by atoms with Crippen LogP contribution in [0, 0.1) is 0 Å². The molecule has 0 saturated carbocycles. The molecule has 0 atom stereocenters. The lowest BCUT2D eigenvalue weighted by Gasteiger charge is -2.11. The van der Waals surface area contributed by atoms with Gasteiger partial charge in [-0.15, -0.1) is 0 Å². The van der Waals surface area contributed by atoms with Crippen molar-refractivity contribution < 1.29 is 9.21 Å². The van der Waals surface area contributed by atoms with Gasteiger partial charge in [0.15, 0.2) is 5.58 Å². The predicted molar refractivity (Wildman–Crippen MR) is 103 cm³/mol. The van der Waals surface area contributed by atoms with E-state index in [1.807, 2.05) is 30.3 Å². The summed E-state index contributed by atoms with van der Waals surface area (Å²) in [7, 11) is 0. The number of carbonyl (C=O) groups excluding carboxylic acids is 1. The van der Waals surface area contributed by atoms with Crippen molar-refractivity contribution in [2.45, 2.75) is 19.8 Å². The first kappa shape index (κ1) is 17.7. The number of halogens is 2. The van der Waals surface area contributed by atoms with Gasteiger partial charge in [-0.25, -0.2) is 0 Å². The summed E-state index contributed by atoms with van der Waals surface area (Å²) in [6.45, 7) is 1.36. The number of aryl methyl sites for hydroxylation is 2. The molecule has 0 aliphatic carbocycles. The second-order valence-electron chi connectivity index (χ2n) is 5.66. The van der Waals surface area contributed by atoms with Crippen LogP contribution in [0.1, 0.15) is 18.2 Å². The molecular weight excluding hydrogens is 406 g/mol. The van der Waals surface area contributed by atoms with E-state index in [2.05, 4.69) is 21.2 Å². The van der Waals surface area contributed by atoms with E-state index in [-0.39, 0.29) is 17.0 Å². The SMILES string of the molecule is CC(=O)Nc1c(CCc2ccccc2)oc2c(Br)cc(Cl)cc2c1=O. The molecule has 0 radical (unpaired) electrons. The third-order valence-electron chi connectivity index (χ3n) is 3.77. The number of hydrogen-bond acceptors (Lipinski definition) is 3. The summed E-state index contributed by atoms with van der Waals surface area (Å²) in [5.74, 6) is 0.119. The molecule has 4 nitrogen and oxygen atoms in total. The van der Waals surface area contributed by atoms with E-state index in [0.29, 0.717) is 39.1 Å². The van der Waals surface area contributed by atoms with Crippen molar-refractivity contribution in [3.63, 3.8) is 0 Å². The van der Waals surface area contributed by atoms with Crippen LogP contribution in [0.25, 0.3) is 11.0 Å².